The second-order valence-electron chi connectivity index (χ2n) is 6.96. The highest BCUT2D eigenvalue weighted by Gasteiger charge is 2.24. The SMILES string of the molecule is CCOc1ccc(-c2noc(CCC(=O)N3CCCc4c(N)cccc43)n2)cc1. The van der Waals surface area contributed by atoms with Gasteiger partial charge in [-0.3, -0.25) is 4.79 Å². The van der Waals surface area contributed by atoms with Gasteiger partial charge in [0.2, 0.25) is 17.6 Å². The number of aryl methyl sites for hydroxylation is 1. The second-order valence-corrected chi connectivity index (χ2v) is 6.96. The molecule has 1 aliphatic heterocycles. The highest BCUT2D eigenvalue weighted by molar-refractivity contribution is 5.95. The summed E-state index contributed by atoms with van der Waals surface area (Å²) in [5, 5.41) is 4.03. The van der Waals surface area contributed by atoms with Crippen LogP contribution in [0.4, 0.5) is 11.4 Å². The molecule has 0 saturated carbocycles. The molecule has 0 bridgehead atoms. The van der Waals surface area contributed by atoms with Gasteiger partial charge in [-0.1, -0.05) is 11.2 Å². The van der Waals surface area contributed by atoms with Crippen LogP contribution in [-0.4, -0.2) is 29.2 Å². The normalized spacial score (nSPS) is 13.2. The molecule has 0 spiro atoms. The number of aromatic nitrogens is 2. The molecule has 7 heteroatoms. The summed E-state index contributed by atoms with van der Waals surface area (Å²) >= 11 is 0. The summed E-state index contributed by atoms with van der Waals surface area (Å²) < 4.78 is 10.8. The maximum absolute atomic E-state index is 12.8. The van der Waals surface area contributed by atoms with E-state index >= 15 is 0 Å². The molecule has 29 heavy (non-hydrogen) atoms. The van der Waals surface area contributed by atoms with Crippen molar-refractivity contribution < 1.29 is 14.1 Å². The van der Waals surface area contributed by atoms with Crippen LogP contribution in [0.15, 0.2) is 47.0 Å². The lowest BCUT2D eigenvalue weighted by atomic mass is 9.99. The standard InChI is InChI=1S/C22H24N4O3/c1-2-28-16-10-8-15(9-11-16)22-24-20(29-25-22)12-13-21(27)26-14-4-5-17-18(23)6-3-7-19(17)26/h3,6-11H,2,4-5,12-14,23H2,1H3. The van der Waals surface area contributed by atoms with E-state index in [1.165, 1.54) is 0 Å². The number of rotatable bonds is 6. The Kier molecular flexibility index (Phi) is 5.46. The van der Waals surface area contributed by atoms with Gasteiger partial charge < -0.3 is 19.9 Å². The number of fused-ring (bicyclic) bond motifs is 1. The number of carbonyl (C=O) groups excluding carboxylic acids is 1. The molecule has 7 nitrogen and oxygen atoms in total. The predicted molar refractivity (Wildman–Crippen MR) is 111 cm³/mol. The summed E-state index contributed by atoms with van der Waals surface area (Å²) in [7, 11) is 0. The van der Waals surface area contributed by atoms with Crippen LogP contribution in [0.25, 0.3) is 11.4 Å². The van der Waals surface area contributed by atoms with Crippen molar-refractivity contribution in [1.29, 1.82) is 0 Å². The summed E-state index contributed by atoms with van der Waals surface area (Å²) in [5.74, 6) is 1.80. The first-order valence-electron chi connectivity index (χ1n) is 9.89. The topological polar surface area (TPSA) is 94.5 Å². The summed E-state index contributed by atoms with van der Waals surface area (Å²) in [6.45, 7) is 3.27. The molecule has 3 aromatic rings. The van der Waals surface area contributed by atoms with Gasteiger partial charge in [-0.2, -0.15) is 4.98 Å². The van der Waals surface area contributed by atoms with Crippen molar-refractivity contribution in [2.24, 2.45) is 0 Å². The number of anilines is 2. The number of benzene rings is 2. The predicted octanol–water partition coefficient (Wildman–Crippen LogP) is 3.63. The van der Waals surface area contributed by atoms with Crippen molar-refractivity contribution in [3.05, 3.63) is 53.9 Å². The lowest BCUT2D eigenvalue weighted by Gasteiger charge is -2.30. The third-order valence-corrected chi connectivity index (χ3v) is 5.03. The summed E-state index contributed by atoms with van der Waals surface area (Å²) in [6.07, 6.45) is 2.52. The van der Waals surface area contributed by atoms with Crippen LogP contribution in [0.3, 0.4) is 0 Å². The third kappa shape index (κ3) is 4.08. The van der Waals surface area contributed by atoms with Gasteiger partial charge in [-0.25, -0.2) is 0 Å². The Morgan fingerprint density at radius 2 is 2.07 bits per heavy atom. The number of ether oxygens (including phenoxy) is 1. The van der Waals surface area contributed by atoms with Crippen molar-refractivity contribution in [2.75, 3.05) is 23.8 Å². The maximum atomic E-state index is 12.8. The lowest BCUT2D eigenvalue weighted by molar-refractivity contribution is -0.118. The highest BCUT2D eigenvalue weighted by Crippen LogP contribution is 2.31. The number of hydrogen-bond acceptors (Lipinski definition) is 6. The van der Waals surface area contributed by atoms with E-state index < -0.39 is 0 Å². The highest BCUT2D eigenvalue weighted by atomic mass is 16.5. The largest absolute Gasteiger partial charge is 0.494 e. The molecule has 0 saturated heterocycles. The van der Waals surface area contributed by atoms with Crippen molar-refractivity contribution in [3.63, 3.8) is 0 Å². The van der Waals surface area contributed by atoms with Gasteiger partial charge in [-0.05, 0) is 61.7 Å². The molecule has 2 N–H and O–H groups in total. The van der Waals surface area contributed by atoms with E-state index in [4.69, 9.17) is 15.0 Å². The quantitative estimate of drug-likeness (QED) is 0.644. The number of nitrogens with zero attached hydrogens (tertiary/aromatic N) is 3. The number of carbonyl (C=O) groups is 1. The molecular weight excluding hydrogens is 368 g/mol. The molecule has 0 aliphatic carbocycles. The van der Waals surface area contributed by atoms with Gasteiger partial charge in [0, 0.05) is 36.3 Å². The molecule has 2 heterocycles. The Morgan fingerprint density at radius 3 is 2.86 bits per heavy atom. The van der Waals surface area contributed by atoms with Crippen LogP contribution in [-0.2, 0) is 17.6 Å². The van der Waals surface area contributed by atoms with Gasteiger partial charge in [0.15, 0.2) is 0 Å². The Morgan fingerprint density at radius 1 is 1.24 bits per heavy atom. The van der Waals surface area contributed by atoms with Gasteiger partial charge in [-0.15, -0.1) is 0 Å². The average molecular weight is 392 g/mol. The molecule has 0 atom stereocenters. The van der Waals surface area contributed by atoms with Crippen LogP contribution >= 0.6 is 0 Å². The zero-order valence-corrected chi connectivity index (χ0v) is 16.4. The number of hydrogen-bond donors (Lipinski definition) is 1. The Bertz CT molecular complexity index is 998. The first-order chi connectivity index (χ1) is 14.2. The maximum Gasteiger partial charge on any atom is 0.227 e. The molecule has 1 aliphatic rings. The van der Waals surface area contributed by atoms with E-state index in [1.54, 1.807) is 0 Å². The van der Waals surface area contributed by atoms with Crippen LogP contribution < -0.4 is 15.4 Å². The van der Waals surface area contributed by atoms with E-state index in [-0.39, 0.29) is 5.91 Å². The van der Waals surface area contributed by atoms with Crippen molar-refractivity contribution in [3.8, 4) is 17.1 Å². The molecule has 1 amide bonds. The second kappa shape index (κ2) is 8.34. The number of nitrogen functional groups attached to an aromatic ring is 1. The fourth-order valence-electron chi connectivity index (χ4n) is 3.60. The van der Waals surface area contributed by atoms with Crippen LogP contribution in [0, 0.1) is 0 Å². The lowest BCUT2D eigenvalue weighted by Crippen LogP contribution is -2.35. The molecule has 150 valence electrons. The third-order valence-electron chi connectivity index (χ3n) is 5.03. The number of nitrogens with two attached hydrogens (primary N) is 1. The van der Waals surface area contributed by atoms with E-state index in [0.717, 1.165) is 41.1 Å². The molecule has 2 aromatic carbocycles. The van der Waals surface area contributed by atoms with Gasteiger partial charge in [0.25, 0.3) is 0 Å². The zero-order chi connectivity index (χ0) is 20.2. The van der Waals surface area contributed by atoms with Gasteiger partial charge in [0.1, 0.15) is 5.75 Å². The Labute approximate surface area is 169 Å². The number of amides is 1. The molecule has 0 unspecified atom stereocenters. The van der Waals surface area contributed by atoms with E-state index in [1.807, 2.05) is 54.3 Å². The Hall–Kier alpha value is -3.35. The van der Waals surface area contributed by atoms with Crippen LogP contribution in [0.5, 0.6) is 5.75 Å². The van der Waals surface area contributed by atoms with E-state index in [9.17, 15) is 4.79 Å². The van der Waals surface area contributed by atoms with Crippen molar-refractivity contribution in [2.45, 2.75) is 32.6 Å². The van der Waals surface area contributed by atoms with E-state index in [2.05, 4.69) is 10.1 Å². The average Bonchev–Trinajstić information content (AvgIpc) is 3.22. The molecule has 4 rings (SSSR count). The van der Waals surface area contributed by atoms with Gasteiger partial charge >= 0.3 is 0 Å². The molecule has 1 aromatic heterocycles. The molecular formula is C22H24N4O3. The fourth-order valence-corrected chi connectivity index (χ4v) is 3.60. The molecule has 0 fully saturated rings. The summed E-state index contributed by atoms with van der Waals surface area (Å²) in [5.41, 5.74) is 9.64. The minimum atomic E-state index is 0.0392. The van der Waals surface area contributed by atoms with Crippen molar-refractivity contribution in [1.82, 2.24) is 10.1 Å². The van der Waals surface area contributed by atoms with E-state index in [0.29, 0.717) is 37.7 Å². The fraction of sp³-hybridized carbons (Fsp3) is 0.318. The Balaban J connectivity index is 1.40. The van der Waals surface area contributed by atoms with Gasteiger partial charge in [0.05, 0.1) is 6.61 Å². The molecule has 0 radical (unpaired) electrons. The first-order valence-corrected chi connectivity index (χ1v) is 9.89. The van der Waals surface area contributed by atoms with Crippen molar-refractivity contribution >= 4 is 17.3 Å². The monoisotopic (exact) mass is 392 g/mol. The van der Waals surface area contributed by atoms with Crippen LogP contribution in [0.1, 0.15) is 31.2 Å². The first kappa shape index (κ1) is 19.0. The minimum absolute atomic E-state index is 0.0392. The summed E-state index contributed by atoms with van der Waals surface area (Å²) in [6, 6.07) is 13.3. The zero-order valence-electron chi connectivity index (χ0n) is 16.4. The van der Waals surface area contributed by atoms with Crippen LogP contribution in [0.2, 0.25) is 0 Å². The minimum Gasteiger partial charge on any atom is -0.494 e. The summed E-state index contributed by atoms with van der Waals surface area (Å²) in [4.78, 5) is 19.0. The smallest absolute Gasteiger partial charge is 0.227 e.